The number of phenols is 1. The molecule has 1 aromatic carbocycles. The average molecular weight is 221 g/mol. The van der Waals surface area contributed by atoms with Crippen molar-refractivity contribution in [2.45, 2.75) is 13.8 Å². The van der Waals surface area contributed by atoms with Crippen molar-refractivity contribution in [1.82, 2.24) is 0 Å². The fourth-order valence-electron chi connectivity index (χ4n) is 1.30. The first-order valence-corrected chi connectivity index (χ1v) is 4.64. The van der Waals surface area contributed by atoms with Crippen LogP contribution in [0.5, 0.6) is 5.75 Å². The Morgan fingerprint density at radius 3 is 2.38 bits per heavy atom. The molecule has 0 aromatic heterocycles. The van der Waals surface area contributed by atoms with Crippen molar-refractivity contribution < 1.29 is 5.11 Å². The Bertz CT molecular complexity index is 461. The Morgan fingerprint density at radius 1 is 1.19 bits per heavy atom. The van der Waals surface area contributed by atoms with Crippen LogP contribution in [0.2, 0.25) is 0 Å². The molecule has 0 unspecified atom stereocenters. The van der Waals surface area contributed by atoms with Gasteiger partial charge >= 0.3 is 0 Å². The van der Waals surface area contributed by atoms with E-state index < -0.39 is 0 Å². The summed E-state index contributed by atoms with van der Waals surface area (Å²) in [7, 11) is 0. The van der Waals surface area contributed by atoms with Gasteiger partial charge in [0.15, 0.2) is 5.96 Å². The molecule has 0 saturated heterocycles. The summed E-state index contributed by atoms with van der Waals surface area (Å²) in [5, 5.41) is 9.73. The van der Waals surface area contributed by atoms with Crippen LogP contribution in [0.1, 0.15) is 11.1 Å². The van der Waals surface area contributed by atoms with Gasteiger partial charge in [0.25, 0.3) is 0 Å². The summed E-state index contributed by atoms with van der Waals surface area (Å²) in [5.74, 6) is -0.204. The highest BCUT2D eigenvalue weighted by Gasteiger charge is 2.05. The fraction of sp³-hybridized carbons (Fsp3) is 0.200. The normalized spacial score (nSPS) is 11.2. The minimum atomic E-state index is -0.176. The van der Waals surface area contributed by atoms with E-state index in [1.165, 1.54) is 0 Å². The van der Waals surface area contributed by atoms with E-state index in [0.717, 1.165) is 11.1 Å². The molecule has 86 valence electrons. The Hall–Kier alpha value is -2.24. The monoisotopic (exact) mass is 221 g/mol. The zero-order valence-corrected chi connectivity index (χ0v) is 9.23. The van der Waals surface area contributed by atoms with Gasteiger partial charge in [-0.05, 0) is 31.0 Å². The van der Waals surface area contributed by atoms with Gasteiger partial charge in [0.1, 0.15) is 11.4 Å². The number of phenolic OH excluding ortho intramolecular Hbond substituents is 1. The lowest BCUT2D eigenvalue weighted by atomic mass is 10.1. The molecule has 0 saturated carbocycles. The molecular weight excluding hydrogens is 206 g/mol. The van der Waals surface area contributed by atoms with Crippen molar-refractivity contribution in [3.8, 4) is 5.75 Å². The molecule has 0 spiro atoms. The Labute approximate surface area is 93.5 Å². The second-order valence-corrected chi connectivity index (χ2v) is 3.46. The van der Waals surface area contributed by atoms with Gasteiger partial charge in [-0.3, -0.25) is 0 Å². The Kier molecular flexibility index (Phi) is 3.34. The fourth-order valence-corrected chi connectivity index (χ4v) is 1.30. The molecule has 7 N–H and O–H groups in total. The number of aromatic hydroxyl groups is 1. The van der Waals surface area contributed by atoms with E-state index in [0.29, 0.717) is 5.69 Å². The molecule has 0 amide bonds. The van der Waals surface area contributed by atoms with E-state index in [1.54, 1.807) is 13.0 Å². The second-order valence-electron chi connectivity index (χ2n) is 3.46. The molecule has 0 atom stereocenters. The van der Waals surface area contributed by atoms with Crippen LogP contribution in [0.25, 0.3) is 0 Å². The van der Waals surface area contributed by atoms with Crippen molar-refractivity contribution in [1.29, 1.82) is 0 Å². The van der Waals surface area contributed by atoms with E-state index in [4.69, 9.17) is 17.2 Å². The summed E-state index contributed by atoms with van der Waals surface area (Å²) in [6.45, 7) is 3.67. The topological polar surface area (TPSA) is 123 Å². The molecule has 0 bridgehead atoms. The first-order chi connectivity index (χ1) is 7.40. The maximum absolute atomic E-state index is 9.73. The summed E-state index contributed by atoms with van der Waals surface area (Å²) in [6.07, 6.45) is 0. The quantitative estimate of drug-likeness (QED) is 0.400. The first-order valence-electron chi connectivity index (χ1n) is 4.64. The minimum absolute atomic E-state index is 0.0688. The number of rotatable bonds is 1. The van der Waals surface area contributed by atoms with Crippen LogP contribution in [0.15, 0.2) is 22.1 Å². The average Bonchev–Trinajstić information content (AvgIpc) is 2.11. The van der Waals surface area contributed by atoms with Crippen LogP contribution in [-0.4, -0.2) is 17.0 Å². The number of benzene rings is 1. The van der Waals surface area contributed by atoms with Gasteiger partial charge in [0, 0.05) is 0 Å². The number of aryl methyl sites for hydroxylation is 2. The molecule has 0 fully saturated rings. The summed E-state index contributed by atoms with van der Waals surface area (Å²) in [5.41, 5.74) is 17.8. The predicted octanol–water partition coefficient (Wildman–Crippen LogP) is 0.229. The highest BCUT2D eigenvalue weighted by atomic mass is 16.3. The van der Waals surface area contributed by atoms with Crippen molar-refractivity contribution in [3.05, 3.63) is 23.3 Å². The zero-order valence-electron chi connectivity index (χ0n) is 9.23. The second kappa shape index (κ2) is 4.52. The molecule has 1 aromatic rings. The molecule has 16 heavy (non-hydrogen) atoms. The molecule has 0 aliphatic carbocycles. The third kappa shape index (κ3) is 2.88. The van der Waals surface area contributed by atoms with E-state index in [9.17, 15) is 5.11 Å². The summed E-state index contributed by atoms with van der Waals surface area (Å²) in [4.78, 5) is 7.48. The lowest BCUT2D eigenvalue weighted by Gasteiger charge is -2.04. The number of nitrogens with zero attached hydrogens (tertiary/aromatic N) is 2. The van der Waals surface area contributed by atoms with Crippen molar-refractivity contribution >= 4 is 17.6 Å². The molecule has 0 radical (unpaired) electrons. The molecular formula is C10H15N5O. The lowest BCUT2D eigenvalue weighted by molar-refractivity contribution is 0.472. The van der Waals surface area contributed by atoms with Crippen LogP contribution in [0.3, 0.4) is 0 Å². The maximum Gasteiger partial charge on any atom is 0.223 e. The van der Waals surface area contributed by atoms with Crippen molar-refractivity contribution in [3.63, 3.8) is 0 Å². The van der Waals surface area contributed by atoms with Gasteiger partial charge in [-0.2, -0.15) is 4.99 Å². The molecule has 0 aliphatic rings. The number of hydrogen-bond acceptors (Lipinski definition) is 2. The van der Waals surface area contributed by atoms with Gasteiger partial charge in [0.05, 0.1) is 0 Å². The third-order valence-electron chi connectivity index (χ3n) is 1.90. The summed E-state index contributed by atoms with van der Waals surface area (Å²) < 4.78 is 0. The number of hydrogen-bond donors (Lipinski definition) is 4. The van der Waals surface area contributed by atoms with Gasteiger partial charge in [-0.25, -0.2) is 4.99 Å². The summed E-state index contributed by atoms with van der Waals surface area (Å²) in [6, 6.07) is 3.53. The number of aliphatic imine (C=N–C) groups is 2. The van der Waals surface area contributed by atoms with Crippen molar-refractivity contribution in [2.75, 3.05) is 0 Å². The predicted molar refractivity (Wildman–Crippen MR) is 64.7 cm³/mol. The molecule has 0 heterocycles. The van der Waals surface area contributed by atoms with Crippen LogP contribution in [0, 0.1) is 13.8 Å². The summed E-state index contributed by atoms with van der Waals surface area (Å²) >= 11 is 0. The van der Waals surface area contributed by atoms with Crippen LogP contribution in [-0.2, 0) is 0 Å². The van der Waals surface area contributed by atoms with Gasteiger partial charge < -0.3 is 22.3 Å². The van der Waals surface area contributed by atoms with E-state index in [1.807, 2.05) is 13.0 Å². The van der Waals surface area contributed by atoms with Crippen LogP contribution in [0.4, 0.5) is 5.69 Å². The standard InChI is InChI=1S/C10H15N5O/c1-5-3-6(2)8(16)7(4-5)14-10(13)15-9(11)12/h3-4,16H,1-2H3,(H6,11,12,13,14,15). The zero-order chi connectivity index (χ0) is 12.3. The van der Waals surface area contributed by atoms with E-state index >= 15 is 0 Å². The van der Waals surface area contributed by atoms with Crippen LogP contribution >= 0.6 is 0 Å². The van der Waals surface area contributed by atoms with E-state index in [2.05, 4.69) is 9.98 Å². The van der Waals surface area contributed by atoms with E-state index in [-0.39, 0.29) is 17.7 Å². The highest BCUT2D eigenvalue weighted by molar-refractivity contribution is 5.93. The Balaban J connectivity index is 3.20. The molecule has 6 heteroatoms. The van der Waals surface area contributed by atoms with Gasteiger partial charge in [0.2, 0.25) is 5.96 Å². The first kappa shape index (κ1) is 11.8. The highest BCUT2D eigenvalue weighted by Crippen LogP contribution is 2.31. The number of guanidine groups is 2. The largest absolute Gasteiger partial charge is 0.505 e. The van der Waals surface area contributed by atoms with Crippen molar-refractivity contribution in [2.24, 2.45) is 27.2 Å². The Morgan fingerprint density at radius 2 is 1.81 bits per heavy atom. The molecule has 0 aliphatic heterocycles. The van der Waals surface area contributed by atoms with Gasteiger partial charge in [-0.1, -0.05) is 6.07 Å². The molecule has 6 nitrogen and oxygen atoms in total. The number of nitrogens with two attached hydrogens (primary N) is 3. The van der Waals surface area contributed by atoms with Crippen LogP contribution < -0.4 is 17.2 Å². The van der Waals surface area contributed by atoms with Gasteiger partial charge in [-0.15, -0.1) is 0 Å². The molecule has 1 rings (SSSR count). The lowest BCUT2D eigenvalue weighted by Crippen LogP contribution is -2.26. The minimum Gasteiger partial charge on any atom is -0.505 e. The smallest absolute Gasteiger partial charge is 0.223 e. The third-order valence-corrected chi connectivity index (χ3v) is 1.90. The maximum atomic E-state index is 9.73. The SMILES string of the molecule is Cc1cc(C)c(O)c(N=C(N)N=C(N)N)c1.